The lowest BCUT2D eigenvalue weighted by molar-refractivity contribution is -0.137. The average Bonchev–Trinajstić information content (AvgIpc) is 2.65. The Hall–Kier alpha value is -3.13. The van der Waals surface area contributed by atoms with Crippen LogP contribution in [-0.2, 0) is 4.79 Å². The fourth-order valence-corrected chi connectivity index (χ4v) is 3.67. The Labute approximate surface area is 146 Å². The van der Waals surface area contributed by atoms with E-state index in [9.17, 15) is 9.90 Å². The molecule has 25 heavy (non-hydrogen) atoms. The third kappa shape index (κ3) is 2.87. The SMILES string of the molecule is O=C(O)CC(c1cccc2ccccc12)c1cccc2ccccc12. The molecule has 0 amide bonds. The van der Waals surface area contributed by atoms with Crippen LogP contribution in [0.2, 0.25) is 0 Å². The maximum Gasteiger partial charge on any atom is 0.304 e. The van der Waals surface area contributed by atoms with Crippen LogP contribution in [-0.4, -0.2) is 11.1 Å². The molecule has 0 radical (unpaired) electrons. The smallest absolute Gasteiger partial charge is 0.304 e. The molecule has 4 aromatic rings. The first-order valence-electron chi connectivity index (χ1n) is 8.41. The zero-order valence-corrected chi connectivity index (χ0v) is 13.7. The number of carboxylic acids is 1. The summed E-state index contributed by atoms with van der Waals surface area (Å²) in [5.74, 6) is -0.972. The summed E-state index contributed by atoms with van der Waals surface area (Å²) < 4.78 is 0. The highest BCUT2D eigenvalue weighted by molar-refractivity contribution is 5.91. The summed E-state index contributed by atoms with van der Waals surface area (Å²) in [4.78, 5) is 11.6. The van der Waals surface area contributed by atoms with E-state index in [2.05, 4.69) is 48.5 Å². The summed E-state index contributed by atoms with van der Waals surface area (Å²) in [6, 6.07) is 28.6. The molecule has 4 aromatic carbocycles. The van der Waals surface area contributed by atoms with Crippen LogP contribution in [0.1, 0.15) is 23.5 Å². The van der Waals surface area contributed by atoms with Gasteiger partial charge in [0.15, 0.2) is 0 Å². The van der Waals surface area contributed by atoms with E-state index in [4.69, 9.17) is 0 Å². The Morgan fingerprint density at radius 1 is 0.680 bits per heavy atom. The predicted molar refractivity (Wildman–Crippen MR) is 102 cm³/mol. The molecule has 0 aliphatic carbocycles. The van der Waals surface area contributed by atoms with Gasteiger partial charge in [0.1, 0.15) is 0 Å². The fraction of sp³-hybridized carbons (Fsp3) is 0.0870. The Kier molecular flexibility index (Phi) is 3.95. The van der Waals surface area contributed by atoms with Crippen molar-refractivity contribution in [2.45, 2.75) is 12.3 Å². The van der Waals surface area contributed by atoms with Crippen molar-refractivity contribution in [1.29, 1.82) is 0 Å². The number of aliphatic carboxylic acids is 1. The van der Waals surface area contributed by atoms with Crippen LogP contribution in [0, 0.1) is 0 Å². The van der Waals surface area contributed by atoms with Gasteiger partial charge in [-0.1, -0.05) is 84.9 Å². The first-order valence-corrected chi connectivity index (χ1v) is 8.41. The van der Waals surface area contributed by atoms with E-state index in [1.54, 1.807) is 0 Å². The lowest BCUT2D eigenvalue weighted by Crippen LogP contribution is -2.09. The van der Waals surface area contributed by atoms with Gasteiger partial charge in [-0.2, -0.15) is 0 Å². The summed E-state index contributed by atoms with van der Waals surface area (Å²) >= 11 is 0. The van der Waals surface area contributed by atoms with Gasteiger partial charge >= 0.3 is 5.97 Å². The fourth-order valence-electron chi connectivity index (χ4n) is 3.67. The summed E-state index contributed by atoms with van der Waals surface area (Å²) in [6.07, 6.45) is 0.0714. The number of hydrogen-bond acceptors (Lipinski definition) is 1. The predicted octanol–water partition coefficient (Wildman–Crippen LogP) is 5.60. The molecule has 0 aliphatic rings. The quantitative estimate of drug-likeness (QED) is 0.530. The van der Waals surface area contributed by atoms with Crippen molar-refractivity contribution in [3.63, 3.8) is 0 Å². The van der Waals surface area contributed by atoms with Crippen LogP contribution in [0.25, 0.3) is 21.5 Å². The lowest BCUT2D eigenvalue weighted by Gasteiger charge is -2.20. The number of benzene rings is 4. The molecule has 4 rings (SSSR count). The van der Waals surface area contributed by atoms with E-state index in [0.29, 0.717) is 0 Å². The van der Waals surface area contributed by atoms with Crippen molar-refractivity contribution >= 4 is 27.5 Å². The minimum atomic E-state index is -0.786. The molecule has 122 valence electrons. The van der Waals surface area contributed by atoms with E-state index >= 15 is 0 Å². The van der Waals surface area contributed by atoms with Gasteiger partial charge in [0.25, 0.3) is 0 Å². The summed E-state index contributed by atoms with van der Waals surface area (Å²) in [5, 5.41) is 14.1. The van der Waals surface area contributed by atoms with Crippen molar-refractivity contribution in [3.05, 3.63) is 96.1 Å². The Morgan fingerprint density at radius 3 is 1.60 bits per heavy atom. The number of hydrogen-bond donors (Lipinski definition) is 1. The van der Waals surface area contributed by atoms with E-state index < -0.39 is 5.97 Å². The maximum atomic E-state index is 11.6. The summed E-state index contributed by atoms with van der Waals surface area (Å²) in [6.45, 7) is 0. The second-order valence-electron chi connectivity index (χ2n) is 6.29. The monoisotopic (exact) mass is 326 g/mol. The zero-order chi connectivity index (χ0) is 17.2. The zero-order valence-electron chi connectivity index (χ0n) is 13.7. The van der Waals surface area contributed by atoms with Crippen molar-refractivity contribution in [2.75, 3.05) is 0 Å². The molecule has 0 spiro atoms. The van der Waals surface area contributed by atoms with Crippen LogP contribution in [0.5, 0.6) is 0 Å². The standard InChI is InChI=1S/C23H18O2/c24-23(25)15-22(20-13-5-9-16-7-1-3-11-18(16)20)21-14-6-10-17-8-2-4-12-19(17)21/h1-14,22H,15H2,(H,24,25). The third-order valence-electron chi connectivity index (χ3n) is 4.78. The van der Waals surface area contributed by atoms with Gasteiger partial charge in [0, 0.05) is 5.92 Å². The lowest BCUT2D eigenvalue weighted by atomic mass is 9.83. The molecule has 0 aliphatic heterocycles. The van der Waals surface area contributed by atoms with Gasteiger partial charge in [-0.3, -0.25) is 4.79 Å². The van der Waals surface area contributed by atoms with Crippen molar-refractivity contribution in [2.24, 2.45) is 0 Å². The molecule has 0 saturated heterocycles. The van der Waals surface area contributed by atoms with Crippen LogP contribution in [0.15, 0.2) is 84.9 Å². The molecule has 0 bridgehead atoms. The normalized spacial score (nSPS) is 11.2. The van der Waals surface area contributed by atoms with Crippen LogP contribution in [0.3, 0.4) is 0 Å². The minimum absolute atomic E-state index is 0.0714. The topological polar surface area (TPSA) is 37.3 Å². The Bertz CT molecular complexity index is 976. The number of carboxylic acid groups (broad SMARTS) is 1. The van der Waals surface area contributed by atoms with Gasteiger partial charge in [0.05, 0.1) is 6.42 Å². The molecule has 0 saturated carbocycles. The molecule has 0 heterocycles. The largest absolute Gasteiger partial charge is 0.481 e. The van der Waals surface area contributed by atoms with Gasteiger partial charge in [-0.25, -0.2) is 0 Å². The first-order chi connectivity index (χ1) is 12.2. The molecule has 0 fully saturated rings. The number of rotatable bonds is 4. The van der Waals surface area contributed by atoms with Gasteiger partial charge in [-0.05, 0) is 32.7 Å². The summed E-state index contributed by atoms with van der Waals surface area (Å²) in [7, 11) is 0. The highest BCUT2D eigenvalue weighted by Crippen LogP contribution is 2.36. The second kappa shape index (κ2) is 6.40. The molecule has 2 heteroatoms. The van der Waals surface area contributed by atoms with E-state index in [0.717, 1.165) is 32.7 Å². The maximum absolute atomic E-state index is 11.6. The van der Waals surface area contributed by atoms with Crippen molar-refractivity contribution in [1.82, 2.24) is 0 Å². The third-order valence-corrected chi connectivity index (χ3v) is 4.78. The van der Waals surface area contributed by atoms with Crippen LogP contribution < -0.4 is 0 Å². The molecule has 0 atom stereocenters. The van der Waals surface area contributed by atoms with E-state index in [1.807, 2.05) is 36.4 Å². The molecule has 0 unspecified atom stereocenters. The highest BCUT2D eigenvalue weighted by atomic mass is 16.4. The van der Waals surface area contributed by atoms with E-state index in [-0.39, 0.29) is 12.3 Å². The Morgan fingerprint density at radius 2 is 1.12 bits per heavy atom. The van der Waals surface area contributed by atoms with Crippen molar-refractivity contribution in [3.8, 4) is 0 Å². The number of carbonyl (C=O) groups is 1. The van der Waals surface area contributed by atoms with Gasteiger partial charge in [-0.15, -0.1) is 0 Å². The molecule has 1 N–H and O–H groups in total. The van der Waals surface area contributed by atoms with Gasteiger partial charge in [0.2, 0.25) is 0 Å². The highest BCUT2D eigenvalue weighted by Gasteiger charge is 2.21. The second-order valence-corrected chi connectivity index (χ2v) is 6.29. The van der Waals surface area contributed by atoms with Crippen LogP contribution >= 0.6 is 0 Å². The van der Waals surface area contributed by atoms with Crippen molar-refractivity contribution < 1.29 is 9.90 Å². The molecular weight excluding hydrogens is 308 g/mol. The first kappa shape index (κ1) is 15.4. The van der Waals surface area contributed by atoms with Gasteiger partial charge < -0.3 is 5.11 Å². The number of fused-ring (bicyclic) bond motifs is 2. The average molecular weight is 326 g/mol. The molecule has 2 nitrogen and oxygen atoms in total. The van der Waals surface area contributed by atoms with E-state index in [1.165, 1.54) is 0 Å². The Balaban J connectivity index is 1.98. The molecular formula is C23H18O2. The van der Waals surface area contributed by atoms with Crippen LogP contribution in [0.4, 0.5) is 0 Å². The molecule has 0 aromatic heterocycles. The summed E-state index contributed by atoms with van der Waals surface area (Å²) in [5.41, 5.74) is 2.13. The minimum Gasteiger partial charge on any atom is -0.481 e.